The highest BCUT2D eigenvalue weighted by Gasteiger charge is 2.35. The molecule has 0 unspecified atom stereocenters. The van der Waals surface area contributed by atoms with E-state index in [4.69, 9.17) is 20.0 Å². The molecule has 1 fully saturated rings. The summed E-state index contributed by atoms with van der Waals surface area (Å²) in [5.74, 6) is -0.318. The number of carbonyl (C=O) groups is 3. The van der Waals surface area contributed by atoms with E-state index in [-0.39, 0.29) is 17.6 Å². The molecule has 258 valence electrons. The molecule has 1 saturated carbocycles. The molecule has 2 aliphatic rings. The molecule has 1 aliphatic carbocycles. The first-order valence-corrected chi connectivity index (χ1v) is 16.8. The summed E-state index contributed by atoms with van der Waals surface area (Å²) >= 11 is 0. The van der Waals surface area contributed by atoms with Crippen molar-refractivity contribution in [2.24, 2.45) is 11.0 Å². The molecule has 0 aromatic heterocycles. The van der Waals surface area contributed by atoms with Crippen molar-refractivity contribution in [1.29, 1.82) is 5.41 Å². The average molecular weight is 667 g/mol. The van der Waals surface area contributed by atoms with Crippen LogP contribution in [0.3, 0.4) is 0 Å². The number of fused-ring (bicyclic) bond motifs is 1. The summed E-state index contributed by atoms with van der Waals surface area (Å²) < 4.78 is 10.9. The number of anilines is 3. The van der Waals surface area contributed by atoms with Crippen molar-refractivity contribution in [2.75, 3.05) is 9.80 Å². The Hall–Kier alpha value is -5.19. The highest BCUT2D eigenvalue weighted by molar-refractivity contribution is 6.16. The Morgan fingerprint density at radius 1 is 0.857 bits per heavy atom. The molecule has 1 aliphatic heterocycles. The molecule has 0 saturated heterocycles. The number of benzene rings is 3. The molecule has 1 heterocycles. The van der Waals surface area contributed by atoms with Crippen molar-refractivity contribution >= 4 is 47.0 Å². The van der Waals surface area contributed by atoms with Gasteiger partial charge in [-0.1, -0.05) is 67.8 Å². The van der Waals surface area contributed by atoms with Gasteiger partial charge in [0.15, 0.2) is 0 Å². The van der Waals surface area contributed by atoms with Gasteiger partial charge in [0, 0.05) is 11.5 Å². The molecule has 49 heavy (non-hydrogen) atoms. The quantitative estimate of drug-likeness (QED) is 0.208. The van der Waals surface area contributed by atoms with Gasteiger partial charge in [0.2, 0.25) is 5.96 Å². The lowest BCUT2D eigenvalue weighted by Gasteiger charge is -2.29. The van der Waals surface area contributed by atoms with Crippen molar-refractivity contribution in [2.45, 2.75) is 91.4 Å². The molecule has 11 nitrogen and oxygen atoms in total. The minimum absolute atomic E-state index is 0.231. The SMILES string of the molecule is CC(C)(C)OC(=O)NC(=N)N(C(=O)OC(C)(C)C)c1ccc(N2C(=O)N(Cc3ccccc3)N=C(C3CCCCC3)c3ccccc32)cc1. The Bertz CT molecular complexity index is 1700. The van der Waals surface area contributed by atoms with Gasteiger partial charge in [0.25, 0.3) is 0 Å². The maximum absolute atomic E-state index is 14.5. The molecule has 3 aromatic carbocycles. The van der Waals surface area contributed by atoms with E-state index in [1.54, 1.807) is 75.7 Å². The fraction of sp³-hybridized carbons (Fsp3) is 0.395. The Labute approximate surface area is 288 Å². The van der Waals surface area contributed by atoms with Crippen LogP contribution in [0, 0.1) is 11.3 Å². The number of hydrazone groups is 1. The number of guanidine groups is 1. The number of urea groups is 1. The lowest BCUT2D eigenvalue weighted by Crippen LogP contribution is -2.49. The van der Waals surface area contributed by atoms with Crippen LogP contribution in [0.5, 0.6) is 0 Å². The number of carbonyl (C=O) groups excluding carboxylic acids is 3. The predicted molar refractivity (Wildman–Crippen MR) is 191 cm³/mol. The minimum Gasteiger partial charge on any atom is -0.444 e. The van der Waals surface area contributed by atoms with Crippen molar-refractivity contribution in [1.82, 2.24) is 10.3 Å². The van der Waals surface area contributed by atoms with Gasteiger partial charge in [-0.05, 0) is 90.3 Å². The lowest BCUT2D eigenvalue weighted by molar-refractivity contribution is 0.0559. The molecule has 4 amide bonds. The zero-order valence-corrected chi connectivity index (χ0v) is 29.2. The van der Waals surface area contributed by atoms with Crippen LogP contribution in [-0.4, -0.2) is 46.1 Å². The first-order chi connectivity index (χ1) is 23.2. The zero-order chi connectivity index (χ0) is 35.3. The number of alkyl carbamates (subject to hydrolysis) is 1. The van der Waals surface area contributed by atoms with E-state index in [9.17, 15) is 14.4 Å². The number of nitrogens with zero attached hydrogens (tertiary/aromatic N) is 4. The number of amides is 4. The van der Waals surface area contributed by atoms with Crippen LogP contribution >= 0.6 is 0 Å². The van der Waals surface area contributed by atoms with Gasteiger partial charge in [-0.15, -0.1) is 0 Å². The van der Waals surface area contributed by atoms with Gasteiger partial charge in [-0.3, -0.25) is 15.6 Å². The third-order valence-corrected chi connectivity index (χ3v) is 8.01. The standard InChI is InChI=1S/C38H46N6O5/c1-37(2,3)48-34(45)40-33(39)44(36(47)49-38(4,5)6)29-23-21-28(22-24-29)43-31-20-14-13-19-30(31)32(27-17-11-8-12-18-27)41-42(35(43)46)25-26-15-9-7-10-16-26/h7,9-10,13-16,19-24,27H,8,11-12,17-18,25H2,1-6H3,(H2,39,40,45). The first-order valence-electron chi connectivity index (χ1n) is 16.8. The number of hydrogen-bond donors (Lipinski definition) is 2. The summed E-state index contributed by atoms with van der Waals surface area (Å²) in [6, 6.07) is 23.9. The normalized spacial score (nSPS) is 15.5. The molecule has 11 heteroatoms. The van der Waals surface area contributed by atoms with E-state index in [0.29, 0.717) is 17.9 Å². The maximum atomic E-state index is 14.5. The summed E-state index contributed by atoms with van der Waals surface area (Å²) in [5, 5.41) is 17.6. The molecule has 2 N–H and O–H groups in total. The second kappa shape index (κ2) is 14.5. The Kier molecular flexibility index (Phi) is 10.4. The number of nitrogens with one attached hydrogen (secondary N) is 2. The number of ether oxygens (including phenoxy) is 2. The summed E-state index contributed by atoms with van der Waals surface area (Å²) in [7, 11) is 0. The summed E-state index contributed by atoms with van der Waals surface area (Å²) in [6.07, 6.45) is 3.71. The molecule has 0 spiro atoms. The molecule has 5 rings (SSSR count). The van der Waals surface area contributed by atoms with E-state index < -0.39 is 29.3 Å². The fourth-order valence-corrected chi connectivity index (χ4v) is 5.96. The van der Waals surface area contributed by atoms with Crippen LogP contribution in [-0.2, 0) is 16.0 Å². The smallest absolute Gasteiger partial charge is 0.421 e. The van der Waals surface area contributed by atoms with Crippen molar-refractivity contribution in [3.8, 4) is 0 Å². The number of hydrogen-bond acceptors (Lipinski definition) is 7. The molecular weight excluding hydrogens is 620 g/mol. The van der Waals surface area contributed by atoms with E-state index in [1.807, 2.05) is 54.6 Å². The van der Waals surface area contributed by atoms with Gasteiger partial charge in [-0.2, -0.15) is 5.10 Å². The first kappa shape index (κ1) is 35.1. The van der Waals surface area contributed by atoms with E-state index in [0.717, 1.165) is 47.4 Å². The largest absolute Gasteiger partial charge is 0.444 e. The topological polar surface area (TPSA) is 128 Å². The monoisotopic (exact) mass is 666 g/mol. The number of para-hydroxylation sites is 1. The van der Waals surface area contributed by atoms with Crippen molar-refractivity contribution in [3.63, 3.8) is 0 Å². The van der Waals surface area contributed by atoms with Crippen LogP contribution in [0.1, 0.15) is 84.8 Å². The van der Waals surface area contributed by atoms with Gasteiger partial charge >= 0.3 is 18.2 Å². The van der Waals surface area contributed by atoms with Crippen LogP contribution in [0.15, 0.2) is 84.0 Å². The Balaban J connectivity index is 1.53. The van der Waals surface area contributed by atoms with Crippen molar-refractivity contribution < 1.29 is 23.9 Å². The van der Waals surface area contributed by atoms with Gasteiger partial charge in [0.05, 0.1) is 29.3 Å². The zero-order valence-electron chi connectivity index (χ0n) is 29.2. The second-order valence-electron chi connectivity index (χ2n) is 14.3. The summed E-state index contributed by atoms with van der Waals surface area (Å²) in [4.78, 5) is 43.1. The fourth-order valence-electron chi connectivity index (χ4n) is 5.96. The van der Waals surface area contributed by atoms with Crippen LogP contribution < -0.4 is 15.1 Å². The second-order valence-corrected chi connectivity index (χ2v) is 14.3. The van der Waals surface area contributed by atoms with Gasteiger partial charge < -0.3 is 9.47 Å². The maximum Gasteiger partial charge on any atom is 0.421 e. The average Bonchev–Trinajstić information content (AvgIpc) is 3.15. The van der Waals surface area contributed by atoms with E-state index in [2.05, 4.69) is 5.32 Å². The summed E-state index contributed by atoms with van der Waals surface area (Å²) in [5.41, 5.74) is 2.58. The van der Waals surface area contributed by atoms with Crippen LogP contribution in [0.25, 0.3) is 0 Å². The predicted octanol–water partition coefficient (Wildman–Crippen LogP) is 8.95. The van der Waals surface area contributed by atoms with Crippen LogP contribution in [0.4, 0.5) is 31.4 Å². The minimum atomic E-state index is -0.887. The van der Waals surface area contributed by atoms with Gasteiger partial charge in [-0.25, -0.2) is 24.3 Å². The highest BCUT2D eigenvalue weighted by atomic mass is 16.6. The van der Waals surface area contributed by atoms with Gasteiger partial charge in [0.1, 0.15) is 11.2 Å². The van der Waals surface area contributed by atoms with E-state index >= 15 is 0 Å². The molecule has 0 atom stereocenters. The molecular formula is C38H46N6O5. The summed E-state index contributed by atoms with van der Waals surface area (Å²) in [6.45, 7) is 10.5. The molecule has 3 aromatic rings. The van der Waals surface area contributed by atoms with Crippen LogP contribution in [0.2, 0.25) is 0 Å². The van der Waals surface area contributed by atoms with Crippen molar-refractivity contribution in [3.05, 3.63) is 90.0 Å². The number of rotatable bonds is 5. The molecule has 0 radical (unpaired) electrons. The Morgan fingerprint density at radius 3 is 2.10 bits per heavy atom. The molecule has 0 bridgehead atoms. The highest BCUT2D eigenvalue weighted by Crippen LogP contribution is 2.38. The lowest BCUT2D eigenvalue weighted by atomic mass is 9.83. The Morgan fingerprint density at radius 2 is 1.47 bits per heavy atom. The van der Waals surface area contributed by atoms with E-state index in [1.165, 1.54) is 6.42 Å². The third kappa shape index (κ3) is 8.84. The third-order valence-electron chi connectivity index (χ3n) is 8.01.